The molecule has 2 N–H and O–H groups in total. The summed E-state index contributed by atoms with van der Waals surface area (Å²) in [5.74, 6) is 1.79. The SMILES string of the molecule is Cc1cc(NCCNC(=O)C(C)Oc2ccc(-c3ccccc3)cc2)n2ncnc2n1. The van der Waals surface area contributed by atoms with Gasteiger partial charge in [-0.2, -0.15) is 14.6 Å². The van der Waals surface area contributed by atoms with E-state index < -0.39 is 6.10 Å². The van der Waals surface area contributed by atoms with Gasteiger partial charge in [0.05, 0.1) is 0 Å². The normalized spacial score (nSPS) is 11.8. The van der Waals surface area contributed by atoms with Crippen LogP contribution in [0.15, 0.2) is 67.0 Å². The van der Waals surface area contributed by atoms with Gasteiger partial charge in [-0.3, -0.25) is 4.79 Å². The van der Waals surface area contributed by atoms with Crippen molar-refractivity contribution in [3.63, 3.8) is 0 Å². The highest BCUT2D eigenvalue weighted by Gasteiger charge is 2.14. The number of hydrogen-bond donors (Lipinski definition) is 2. The van der Waals surface area contributed by atoms with Crippen LogP contribution in [-0.4, -0.2) is 44.7 Å². The zero-order valence-corrected chi connectivity index (χ0v) is 17.4. The summed E-state index contributed by atoms with van der Waals surface area (Å²) in [6, 6.07) is 19.7. The van der Waals surface area contributed by atoms with Crippen LogP contribution in [0.4, 0.5) is 5.82 Å². The van der Waals surface area contributed by atoms with Gasteiger partial charge in [-0.1, -0.05) is 42.5 Å². The number of hydrogen-bond acceptors (Lipinski definition) is 6. The zero-order chi connectivity index (χ0) is 21.6. The number of aromatic nitrogens is 4. The molecule has 2 heterocycles. The van der Waals surface area contributed by atoms with E-state index in [0.717, 1.165) is 22.6 Å². The molecule has 8 heteroatoms. The third-order valence-electron chi connectivity index (χ3n) is 4.75. The smallest absolute Gasteiger partial charge is 0.260 e. The molecule has 0 bridgehead atoms. The van der Waals surface area contributed by atoms with Crippen molar-refractivity contribution in [1.29, 1.82) is 0 Å². The van der Waals surface area contributed by atoms with Gasteiger partial charge in [-0.25, -0.2) is 4.98 Å². The molecule has 2 aromatic carbocycles. The predicted octanol–water partition coefficient (Wildman–Crippen LogP) is 3.10. The van der Waals surface area contributed by atoms with E-state index in [1.54, 1.807) is 11.4 Å². The van der Waals surface area contributed by atoms with Crippen LogP contribution >= 0.6 is 0 Å². The van der Waals surface area contributed by atoms with Crippen LogP contribution in [0.25, 0.3) is 16.9 Å². The lowest BCUT2D eigenvalue weighted by Crippen LogP contribution is -2.38. The predicted molar refractivity (Wildman–Crippen MR) is 119 cm³/mol. The summed E-state index contributed by atoms with van der Waals surface area (Å²) in [5, 5.41) is 10.3. The fourth-order valence-corrected chi connectivity index (χ4v) is 3.19. The second-order valence-corrected chi connectivity index (χ2v) is 7.12. The van der Waals surface area contributed by atoms with Crippen LogP contribution in [0.1, 0.15) is 12.6 Å². The van der Waals surface area contributed by atoms with Gasteiger partial charge in [0, 0.05) is 24.8 Å². The number of carbonyl (C=O) groups excluding carboxylic acids is 1. The molecule has 0 saturated heterocycles. The number of aryl methyl sites for hydroxylation is 1. The Morgan fingerprint density at radius 3 is 2.58 bits per heavy atom. The van der Waals surface area contributed by atoms with Crippen LogP contribution in [-0.2, 0) is 4.79 Å². The number of anilines is 1. The first-order valence-corrected chi connectivity index (χ1v) is 10.1. The van der Waals surface area contributed by atoms with Gasteiger partial charge in [0.15, 0.2) is 6.10 Å². The van der Waals surface area contributed by atoms with E-state index in [-0.39, 0.29) is 5.91 Å². The Kier molecular flexibility index (Phi) is 6.07. The third kappa shape index (κ3) is 4.98. The molecule has 31 heavy (non-hydrogen) atoms. The first-order chi connectivity index (χ1) is 15.1. The van der Waals surface area contributed by atoms with E-state index >= 15 is 0 Å². The van der Waals surface area contributed by atoms with Crippen molar-refractivity contribution in [1.82, 2.24) is 24.9 Å². The molecule has 1 unspecified atom stereocenters. The second-order valence-electron chi connectivity index (χ2n) is 7.12. The van der Waals surface area contributed by atoms with E-state index in [0.29, 0.717) is 24.6 Å². The average molecular weight is 416 g/mol. The Morgan fingerprint density at radius 2 is 1.81 bits per heavy atom. The topological polar surface area (TPSA) is 93.4 Å². The molecule has 8 nitrogen and oxygen atoms in total. The first-order valence-electron chi connectivity index (χ1n) is 10.1. The lowest BCUT2D eigenvalue weighted by molar-refractivity contribution is -0.127. The van der Waals surface area contributed by atoms with Crippen molar-refractivity contribution in [3.8, 4) is 16.9 Å². The Bertz CT molecular complexity index is 1160. The number of ether oxygens (including phenoxy) is 1. The molecule has 0 radical (unpaired) electrons. The van der Waals surface area contributed by atoms with E-state index in [9.17, 15) is 4.79 Å². The van der Waals surface area contributed by atoms with Crippen molar-refractivity contribution < 1.29 is 9.53 Å². The summed E-state index contributed by atoms with van der Waals surface area (Å²) in [4.78, 5) is 20.8. The maximum Gasteiger partial charge on any atom is 0.260 e. The molecule has 1 amide bonds. The number of nitrogens with one attached hydrogen (secondary N) is 2. The lowest BCUT2D eigenvalue weighted by Gasteiger charge is -2.15. The monoisotopic (exact) mass is 416 g/mol. The molecular weight excluding hydrogens is 392 g/mol. The van der Waals surface area contributed by atoms with Gasteiger partial charge in [0.1, 0.15) is 17.9 Å². The van der Waals surface area contributed by atoms with E-state index in [1.807, 2.05) is 55.5 Å². The van der Waals surface area contributed by atoms with Gasteiger partial charge >= 0.3 is 0 Å². The largest absolute Gasteiger partial charge is 0.481 e. The fraction of sp³-hybridized carbons (Fsp3) is 0.217. The van der Waals surface area contributed by atoms with Gasteiger partial charge in [0.25, 0.3) is 11.7 Å². The minimum atomic E-state index is -0.604. The molecular formula is C23H24N6O2. The van der Waals surface area contributed by atoms with E-state index in [1.165, 1.54) is 6.33 Å². The average Bonchev–Trinajstić information content (AvgIpc) is 3.26. The molecule has 0 aliphatic carbocycles. The quantitative estimate of drug-likeness (QED) is 0.429. The number of nitrogens with zero attached hydrogens (tertiary/aromatic N) is 4. The van der Waals surface area contributed by atoms with Crippen molar-refractivity contribution in [3.05, 3.63) is 72.7 Å². The Labute approximate surface area is 180 Å². The molecule has 0 aliphatic heterocycles. The van der Waals surface area contributed by atoms with E-state index in [4.69, 9.17) is 4.74 Å². The summed E-state index contributed by atoms with van der Waals surface area (Å²) in [7, 11) is 0. The molecule has 2 aromatic heterocycles. The van der Waals surface area contributed by atoms with Gasteiger partial charge in [0.2, 0.25) is 0 Å². The highest BCUT2D eigenvalue weighted by Crippen LogP contribution is 2.22. The Balaban J connectivity index is 1.25. The van der Waals surface area contributed by atoms with Crippen LogP contribution in [0.3, 0.4) is 0 Å². The lowest BCUT2D eigenvalue weighted by atomic mass is 10.1. The van der Waals surface area contributed by atoms with Crippen LogP contribution in [0.2, 0.25) is 0 Å². The highest BCUT2D eigenvalue weighted by atomic mass is 16.5. The molecule has 4 aromatic rings. The molecule has 0 saturated carbocycles. The minimum absolute atomic E-state index is 0.175. The number of carbonyl (C=O) groups is 1. The van der Waals surface area contributed by atoms with Crippen molar-refractivity contribution in [2.24, 2.45) is 0 Å². The van der Waals surface area contributed by atoms with Crippen LogP contribution in [0.5, 0.6) is 5.75 Å². The summed E-state index contributed by atoms with van der Waals surface area (Å²) < 4.78 is 7.41. The zero-order valence-electron chi connectivity index (χ0n) is 17.4. The number of amides is 1. The standard InChI is InChI=1S/C23H24N6O2/c1-16-14-21(29-23(28-16)26-15-27-29)24-12-13-25-22(30)17(2)31-20-10-8-19(9-11-20)18-6-4-3-5-7-18/h3-11,14-15,17,24H,12-13H2,1-2H3,(H,25,30). The molecule has 0 fully saturated rings. The minimum Gasteiger partial charge on any atom is -0.481 e. The van der Waals surface area contributed by atoms with Crippen molar-refractivity contribution in [2.75, 3.05) is 18.4 Å². The molecule has 1 atom stereocenters. The third-order valence-corrected chi connectivity index (χ3v) is 4.75. The number of benzene rings is 2. The van der Waals surface area contributed by atoms with Crippen molar-refractivity contribution in [2.45, 2.75) is 20.0 Å². The Morgan fingerprint density at radius 1 is 1.06 bits per heavy atom. The van der Waals surface area contributed by atoms with Crippen LogP contribution in [0, 0.1) is 6.92 Å². The maximum atomic E-state index is 12.4. The van der Waals surface area contributed by atoms with E-state index in [2.05, 4.69) is 37.8 Å². The highest BCUT2D eigenvalue weighted by molar-refractivity contribution is 5.80. The van der Waals surface area contributed by atoms with Gasteiger partial charge in [-0.15, -0.1) is 0 Å². The summed E-state index contributed by atoms with van der Waals surface area (Å²) >= 11 is 0. The molecule has 0 aliphatic rings. The first kappa shape index (κ1) is 20.3. The fourth-order valence-electron chi connectivity index (χ4n) is 3.19. The summed E-state index contributed by atoms with van der Waals surface area (Å²) in [6.45, 7) is 4.60. The number of rotatable bonds is 8. The Hall–Kier alpha value is -3.94. The van der Waals surface area contributed by atoms with Gasteiger partial charge < -0.3 is 15.4 Å². The molecule has 0 spiro atoms. The van der Waals surface area contributed by atoms with Crippen LogP contribution < -0.4 is 15.4 Å². The molecule has 4 rings (SSSR count). The number of fused-ring (bicyclic) bond motifs is 1. The second kappa shape index (κ2) is 9.25. The molecule has 158 valence electrons. The van der Waals surface area contributed by atoms with Gasteiger partial charge in [-0.05, 0) is 37.1 Å². The summed E-state index contributed by atoms with van der Waals surface area (Å²) in [5.41, 5.74) is 3.08. The van der Waals surface area contributed by atoms with Crippen molar-refractivity contribution >= 4 is 17.5 Å². The maximum absolute atomic E-state index is 12.4. The summed E-state index contributed by atoms with van der Waals surface area (Å²) in [6.07, 6.45) is 0.855.